The summed E-state index contributed by atoms with van der Waals surface area (Å²) in [4.78, 5) is 22.8. The van der Waals surface area contributed by atoms with Crippen LogP contribution in [0.4, 0.5) is 0 Å². The van der Waals surface area contributed by atoms with Crippen LogP contribution in [0.1, 0.15) is 19.3 Å². The second kappa shape index (κ2) is 3.21. The third-order valence-corrected chi connectivity index (χ3v) is 3.83. The molecule has 2 saturated carbocycles. The second-order valence-corrected chi connectivity index (χ2v) is 4.63. The highest BCUT2D eigenvalue weighted by atomic mass is 16.5. The van der Waals surface area contributed by atoms with E-state index in [0.717, 1.165) is 12.8 Å². The molecule has 0 heterocycles. The first-order valence-corrected chi connectivity index (χ1v) is 5.11. The van der Waals surface area contributed by atoms with Crippen molar-refractivity contribution in [1.82, 2.24) is 0 Å². The number of hydrogen-bond donors (Lipinski definition) is 0. The summed E-state index contributed by atoms with van der Waals surface area (Å²) in [5.41, 5.74) is -0.373. The van der Waals surface area contributed by atoms with E-state index in [1.807, 2.05) is 0 Å². The number of nitrogens with zero attached hydrogens (tertiary/aromatic N) is 1. The van der Waals surface area contributed by atoms with Crippen molar-refractivity contribution in [3.63, 3.8) is 0 Å². The predicted molar refractivity (Wildman–Crippen MR) is 51.9 cm³/mol. The minimum atomic E-state index is -0.882. The van der Waals surface area contributed by atoms with Gasteiger partial charge in [-0.2, -0.15) is 5.26 Å². The smallest absolute Gasteiger partial charge is 0.320 e. The summed E-state index contributed by atoms with van der Waals surface area (Å²) < 4.78 is 9.14. The Morgan fingerprint density at radius 3 is 2.12 bits per heavy atom. The summed E-state index contributed by atoms with van der Waals surface area (Å²) in [5.74, 6) is -2.04. The van der Waals surface area contributed by atoms with Crippen molar-refractivity contribution in [2.75, 3.05) is 14.2 Å². The number of fused-ring (bicyclic) bond motifs is 1. The van der Waals surface area contributed by atoms with Gasteiger partial charge in [0.05, 0.1) is 25.7 Å². The molecule has 0 spiro atoms. The first-order valence-electron chi connectivity index (χ1n) is 5.11. The maximum Gasteiger partial charge on any atom is 0.320 e. The molecule has 0 aromatic heterocycles. The summed E-state index contributed by atoms with van der Waals surface area (Å²) in [5, 5.41) is 8.89. The van der Waals surface area contributed by atoms with Gasteiger partial charge in [0.25, 0.3) is 0 Å². The highest BCUT2D eigenvalue weighted by Gasteiger charge is 2.84. The molecule has 0 bridgehead atoms. The van der Waals surface area contributed by atoms with E-state index in [1.54, 1.807) is 0 Å². The monoisotopic (exact) mass is 223 g/mol. The zero-order chi connectivity index (χ0) is 12.0. The Kier molecular flexibility index (Phi) is 2.19. The fraction of sp³-hybridized carbons (Fsp3) is 0.727. The van der Waals surface area contributed by atoms with Crippen molar-refractivity contribution in [3.05, 3.63) is 0 Å². The van der Waals surface area contributed by atoms with Gasteiger partial charge in [-0.25, -0.2) is 0 Å². The Morgan fingerprint density at radius 2 is 1.81 bits per heavy atom. The fourth-order valence-electron chi connectivity index (χ4n) is 2.49. The molecule has 0 amide bonds. The van der Waals surface area contributed by atoms with Gasteiger partial charge in [-0.05, 0) is 24.7 Å². The van der Waals surface area contributed by atoms with E-state index in [1.165, 1.54) is 14.2 Å². The van der Waals surface area contributed by atoms with E-state index in [0.29, 0.717) is 6.42 Å². The van der Waals surface area contributed by atoms with Crippen molar-refractivity contribution < 1.29 is 19.1 Å². The van der Waals surface area contributed by atoms with Crippen molar-refractivity contribution in [2.45, 2.75) is 19.3 Å². The summed E-state index contributed by atoms with van der Waals surface area (Å²) in [6.45, 7) is 0. The van der Waals surface area contributed by atoms with E-state index in [4.69, 9.17) is 5.26 Å². The first kappa shape index (κ1) is 10.9. The number of methoxy groups -OCH3 is 2. The van der Waals surface area contributed by atoms with Gasteiger partial charge in [0.15, 0.2) is 5.92 Å². The zero-order valence-corrected chi connectivity index (χ0v) is 9.28. The topological polar surface area (TPSA) is 76.4 Å². The van der Waals surface area contributed by atoms with Crippen LogP contribution in [0.3, 0.4) is 0 Å². The Bertz CT molecular complexity index is 373. The molecular formula is C11H13NO4. The minimum Gasteiger partial charge on any atom is -0.468 e. The van der Waals surface area contributed by atoms with Crippen molar-refractivity contribution in [3.8, 4) is 6.07 Å². The molecule has 2 aliphatic carbocycles. The molecule has 0 aromatic carbocycles. The molecule has 5 heteroatoms. The summed E-state index contributed by atoms with van der Waals surface area (Å²) in [6.07, 6.45) is 1.96. The molecule has 0 N–H and O–H groups in total. The van der Waals surface area contributed by atoms with Gasteiger partial charge in [0.1, 0.15) is 0 Å². The lowest BCUT2D eigenvalue weighted by Crippen LogP contribution is -2.27. The third-order valence-electron chi connectivity index (χ3n) is 3.83. The average molecular weight is 223 g/mol. The van der Waals surface area contributed by atoms with Crippen LogP contribution in [0.25, 0.3) is 0 Å². The van der Waals surface area contributed by atoms with Gasteiger partial charge in [0.2, 0.25) is 0 Å². The Hall–Kier alpha value is -1.57. The van der Waals surface area contributed by atoms with Crippen LogP contribution in [-0.2, 0) is 19.1 Å². The number of esters is 2. The standard InChI is InChI=1S/C11H13NO4/c1-15-8(13)7(9(14)16-2)3-10-4-11(10,5-10)6-12/h7H,3-5H2,1-2H3. The van der Waals surface area contributed by atoms with Gasteiger partial charge >= 0.3 is 11.9 Å². The lowest BCUT2D eigenvalue weighted by Gasteiger charge is -2.13. The van der Waals surface area contributed by atoms with E-state index >= 15 is 0 Å². The van der Waals surface area contributed by atoms with Gasteiger partial charge in [0, 0.05) is 0 Å². The number of carbonyl (C=O) groups is 2. The fourth-order valence-corrected chi connectivity index (χ4v) is 2.49. The molecule has 2 fully saturated rings. The summed E-state index contributed by atoms with van der Waals surface area (Å²) in [6, 6.07) is 2.25. The van der Waals surface area contributed by atoms with Crippen LogP contribution >= 0.6 is 0 Å². The van der Waals surface area contributed by atoms with Crippen LogP contribution in [0, 0.1) is 28.1 Å². The predicted octanol–water partition coefficient (Wildman–Crippen LogP) is 0.642. The van der Waals surface area contributed by atoms with Crippen LogP contribution in [0.15, 0.2) is 0 Å². The Labute approximate surface area is 93.3 Å². The number of nitriles is 1. The maximum absolute atomic E-state index is 11.4. The van der Waals surface area contributed by atoms with Gasteiger partial charge in [-0.3, -0.25) is 9.59 Å². The molecular weight excluding hydrogens is 210 g/mol. The molecule has 2 aliphatic rings. The molecule has 0 saturated heterocycles. The number of rotatable bonds is 4. The molecule has 0 unspecified atom stereocenters. The van der Waals surface area contributed by atoms with Crippen molar-refractivity contribution in [1.29, 1.82) is 5.26 Å². The molecule has 0 aliphatic heterocycles. The SMILES string of the molecule is COC(=O)C(CC12CC1(C#N)C2)C(=O)OC. The van der Waals surface area contributed by atoms with Crippen LogP contribution in [0.5, 0.6) is 0 Å². The van der Waals surface area contributed by atoms with Crippen LogP contribution in [-0.4, -0.2) is 26.2 Å². The van der Waals surface area contributed by atoms with Crippen molar-refractivity contribution in [2.24, 2.45) is 16.7 Å². The number of hydrogen-bond acceptors (Lipinski definition) is 5. The third kappa shape index (κ3) is 1.29. The van der Waals surface area contributed by atoms with Crippen molar-refractivity contribution >= 4 is 11.9 Å². The van der Waals surface area contributed by atoms with Gasteiger partial charge in [-0.15, -0.1) is 0 Å². The second-order valence-electron chi connectivity index (χ2n) is 4.63. The molecule has 2 rings (SSSR count). The minimum absolute atomic E-state index is 0.116. The molecule has 16 heavy (non-hydrogen) atoms. The van der Waals surface area contributed by atoms with Crippen LogP contribution < -0.4 is 0 Å². The average Bonchev–Trinajstić information content (AvgIpc) is 3.09. The molecule has 5 nitrogen and oxygen atoms in total. The largest absolute Gasteiger partial charge is 0.468 e. The van der Waals surface area contributed by atoms with E-state index in [2.05, 4.69) is 15.5 Å². The zero-order valence-electron chi connectivity index (χ0n) is 9.28. The first-order chi connectivity index (χ1) is 7.54. The Morgan fingerprint density at radius 1 is 1.31 bits per heavy atom. The van der Waals surface area contributed by atoms with E-state index in [-0.39, 0.29) is 10.8 Å². The summed E-state index contributed by atoms with van der Waals surface area (Å²) in [7, 11) is 2.49. The highest BCUT2D eigenvalue weighted by Crippen LogP contribution is 2.87. The maximum atomic E-state index is 11.4. The highest BCUT2D eigenvalue weighted by molar-refractivity contribution is 5.95. The lowest BCUT2D eigenvalue weighted by molar-refractivity contribution is -0.159. The molecule has 86 valence electrons. The molecule has 0 radical (unpaired) electrons. The number of ether oxygens (including phenoxy) is 2. The summed E-state index contributed by atoms with van der Waals surface area (Å²) >= 11 is 0. The lowest BCUT2D eigenvalue weighted by atomic mass is 9.97. The Balaban J connectivity index is 2.03. The normalized spacial score (nSPS) is 33.6. The number of carbonyl (C=O) groups excluding carboxylic acids is 2. The van der Waals surface area contributed by atoms with Crippen LogP contribution in [0.2, 0.25) is 0 Å². The van der Waals surface area contributed by atoms with Gasteiger partial charge < -0.3 is 9.47 Å². The van der Waals surface area contributed by atoms with Gasteiger partial charge in [-0.1, -0.05) is 0 Å². The van der Waals surface area contributed by atoms with E-state index < -0.39 is 17.9 Å². The molecule has 0 aromatic rings. The quantitative estimate of drug-likeness (QED) is 0.516. The molecule has 0 atom stereocenters. The van der Waals surface area contributed by atoms with E-state index in [9.17, 15) is 9.59 Å².